The van der Waals surface area contributed by atoms with Gasteiger partial charge in [0.2, 0.25) is 6.29 Å². The highest BCUT2D eigenvalue weighted by atomic mass is 16.7. The standard InChI is InChI=1S/C39H32O7/c1-2-27(15-28-16-30(8-3-24(1)28)41-20-34-21-42-34)39-36-19-33(11-6-26(36)7-12-37(39)44-23-35-22-43-35)45-31-9-4-25-5-10-32(18-29(25)17-31)46-38-13-14-40-38/h1-12,15-19,34-35,38H,13-14,20-23H2. The summed E-state index contributed by atoms with van der Waals surface area (Å²) in [5, 5.41) is 6.52. The SMILES string of the molecule is c1cc2ccc(-c3c(OCC4CO4)ccc4ccc(Oc5ccc6ccc(OC7CCO7)cc6c5)cc34)cc2cc1OCC1CO1. The van der Waals surface area contributed by atoms with Crippen LogP contribution >= 0.6 is 0 Å². The van der Waals surface area contributed by atoms with Crippen molar-refractivity contribution in [3.63, 3.8) is 0 Å². The molecule has 0 amide bonds. The Hall–Kier alpha value is -4.82. The van der Waals surface area contributed by atoms with Gasteiger partial charge in [-0.05, 0) is 98.5 Å². The van der Waals surface area contributed by atoms with Gasteiger partial charge in [0.05, 0.1) is 19.8 Å². The number of fused-ring (bicyclic) bond motifs is 3. The average molecular weight is 613 g/mol. The maximum atomic E-state index is 6.47. The molecule has 0 N–H and O–H groups in total. The van der Waals surface area contributed by atoms with E-state index in [1.165, 1.54) is 0 Å². The molecule has 3 saturated heterocycles. The Kier molecular flexibility index (Phi) is 6.88. The van der Waals surface area contributed by atoms with Crippen molar-refractivity contribution in [1.82, 2.24) is 0 Å². The van der Waals surface area contributed by atoms with E-state index in [1.54, 1.807) is 0 Å². The van der Waals surface area contributed by atoms with E-state index in [0.29, 0.717) is 13.2 Å². The van der Waals surface area contributed by atoms with Gasteiger partial charge in [0.25, 0.3) is 0 Å². The summed E-state index contributed by atoms with van der Waals surface area (Å²) in [6.45, 7) is 3.34. The van der Waals surface area contributed by atoms with Crippen molar-refractivity contribution < 1.29 is 33.2 Å². The Balaban J connectivity index is 1.07. The fraction of sp³-hybridized carbons (Fsp3) is 0.231. The number of hydrogen-bond donors (Lipinski definition) is 0. The second-order valence-electron chi connectivity index (χ2n) is 12.1. The minimum absolute atomic E-state index is 0.144. The molecule has 7 nitrogen and oxygen atoms in total. The number of hydrogen-bond acceptors (Lipinski definition) is 7. The Labute approximate surface area is 266 Å². The van der Waals surface area contributed by atoms with Gasteiger partial charge in [-0.25, -0.2) is 0 Å². The van der Waals surface area contributed by atoms with Gasteiger partial charge in [0.1, 0.15) is 54.2 Å². The van der Waals surface area contributed by atoms with E-state index < -0.39 is 0 Å². The Morgan fingerprint density at radius 2 is 1.13 bits per heavy atom. The van der Waals surface area contributed by atoms with Gasteiger partial charge in [0.15, 0.2) is 0 Å². The van der Waals surface area contributed by atoms with Crippen molar-refractivity contribution in [3.8, 4) is 39.9 Å². The summed E-state index contributed by atoms with van der Waals surface area (Å²) in [7, 11) is 0. The highest BCUT2D eigenvalue weighted by Gasteiger charge is 2.25. The Bertz CT molecular complexity index is 2080. The molecule has 6 aromatic carbocycles. The average Bonchev–Trinajstić information content (AvgIpc) is 4.00. The van der Waals surface area contributed by atoms with Crippen LogP contribution in [0.15, 0.2) is 103 Å². The van der Waals surface area contributed by atoms with Crippen LogP contribution in [0.3, 0.4) is 0 Å². The molecule has 3 aliphatic heterocycles. The first-order chi connectivity index (χ1) is 22.7. The van der Waals surface area contributed by atoms with E-state index in [2.05, 4.69) is 66.7 Å². The molecule has 3 unspecified atom stereocenters. The summed E-state index contributed by atoms with van der Waals surface area (Å²) < 4.78 is 41.0. The number of epoxide rings is 2. The minimum atomic E-state index is -0.158. The fourth-order valence-electron chi connectivity index (χ4n) is 5.87. The highest BCUT2D eigenvalue weighted by molar-refractivity contribution is 6.02. The van der Waals surface area contributed by atoms with Crippen LogP contribution in [0.4, 0.5) is 0 Å². The molecule has 230 valence electrons. The molecule has 3 aliphatic rings. The molecule has 3 heterocycles. The van der Waals surface area contributed by atoms with Crippen LogP contribution < -0.4 is 18.9 Å². The van der Waals surface area contributed by atoms with Gasteiger partial charge in [-0.1, -0.05) is 42.5 Å². The first-order valence-corrected chi connectivity index (χ1v) is 15.8. The number of ether oxygens (including phenoxy) is 7. The molecule has 46 heavy (non-hydrogen) atoms. The third-order valence-corrected chi connectivity index (χ3v) is 8.66. The summed E-state index contributed by atoms with van der Waals surface area (Å²) in [6, 6.07) is 35.2. The van der Waals surface area contributed by atoms with E-state index in [-0.39, 0.29) is 18.5 Å². The summed E-state index contributed by atoms with van der Waals surface area (Å²) >= 11 is 0. The van der Waals surface area contributed by atoms with Gasteiger partial charge in [-0.2, -0.15) is 0 Å². The first-order valence-electron chi connectivity index (χ1n) is 15.8. The Morgan fingerprint density at radius 1 is 0.543 bits per heavy atom. The number of rotatable bonds is 11. The molecule has 0 aromatic heterocycles. The van der Waals surface area contributed by atoms with Crippen LogP contribution in [0.2, 0.25) is 0 Å². The van der Waals surface area contributed by atoms with Crippen LogP contribution in [-0.2, 0) is 14.2 Å². The van der Waals surface area contributed by atoms with E-state index >= 15 is 0 Å². The molecule has 0 spiro atoms. The molecule has 0 radical (unpaired) electrons. The lowest BCUT2D eigenvalue weighted by atomic mass is 9.95. The van der Waals surface area contributed by atoms with Gasteiger partial charge >= 0.3 is 0 Å². The fourth-order valence-corrected chi connectivity index (χ4v) is 5.87. The molecule has 3 atom stereocenters. The molecule has 6 aromatic rings. The smallest absolute Gasteiger partial charge is 0.202 e. The van der Waals surface area contributed by atoms with Crippen LogP contribution in [0.1, 0.15) is 6.42 Å². The van der Waals surface area contributed by atoms with Crippen LogP contribution in [0.5, 0.6) is 28.7 Å². The summed E-state index contributed by atoms with van der Waals surface area (Å²) in [4.78, 5) is 0. The molecular weight excluding hydrogens is 580 g/mol. The lowest BCUT2D eigenvalue weighted by molar-refractivity contribution is -0.165. The van der Waals surface area contributed by atoms with Crippen molar-refractivity contribution in [3.05, 3.63) is 103 Å². The van der Waals surface area contributed by atoms with Crippen molar-refractivity contribution in [2.24, 2.45) is 0 Å². The molecule has 9 rings (SSSR count). The van der Waals surface area contributed by atoms with E-state index in [4.69, 9.17) is 33.2 Å². The molecular formula is C39H32O7. The van der Waals surface area contributed by atoms with Gasteiger partial charge in [0, 0.05) is 12.0 Å². The highest BCUT2D eigenvalue weighted by Crippen LogP contribution is 2.41. The van der Waals surface area contributed by atoms with Crippen molar-refractivity contribution in [2.45, 2.75) is 24.9 Å². The quantitative estimate of drug-likeness (QED) is 0.136. The van der Waals surface area contributed by atoms with E-state index in [0.717, 1.165) is 98.4 Å². The number of benzene rings is 6. The second kappa shape index (κ2) is 11.5. The summed E-state index contributed by atoms with van der Waals surface area (Å²) in [5.41, 5.74) is 2.07. The zero-order valence-corrected chi connectivity index (χ0v) is 25.1. The topological polar surface area (TPSA) is 71.2 Å². The normalized spacial score (nSPS) is 20.0. The maximum Gasteiger partial charge on any atom is 0.202 e. The molecule has 3 fully saturated rings. The summed E-state index contributed by atoms with van der Waals surface area (Å²) in [6.07, 6.45) is 1.11. The van der Waals surface area contributed by atoms with Gasteiger partial charge < -0.3 is 33.2 Å². The third-order valence-electron chi connectivity index (χ3n) is 8.66. The van der Waals surface area contributed by atoms with Crippen molar-refractivity contribution >= 4 is 32.3 Å². The lowest BCUT2D eigenvalue weighted by Crippen LogP contribution is -2.32. The van der Waals surface area contributed by atoms with Crippen LogP contribution in [0.25, 0.3) is 43.4 Å². The second-order valence-corrected chi connectivity index (χ2v) is 12.1. The summed E-state index contributed by atoms with van der Waals surface area (Å²) in [5.74, 6) is 3.93. The van der Waals surface area contributed by atoms with Crippen molar-refractivity contribution in [2.75, 3.05) is 33.0 Å². The Morgan fingerprint density at radius 3 is 1.87 bits per heavy atom. The molecule has 7 heteroatoms. The molecule has 0 saturated carbocycles. The monoisotopic (exact) mass is 612 g/mol. The van der Waals surface area contributed by atoms with E-state index in [9.17, 15) is 0 Å². The third kappa shape index (κ3) is 5.81. The lowest BCUT2D eigenvalue weighted by Gasteiger charge is -2.26. The van der Waals surface area contributed by atoms with Gasteiger partial charge in [-0.15, -0.1) is 0 Å². The molecule has 0 aliphatic carbocycles. The largest absolute Gasteiger partial charge is 0.491 e. The van der Waals surface area contributed by atoms with Gasteiger partial charge in [-0.3, -0.25) is 0 Å². The van der Waals surface area contributed by atoms with E-state index in [1.807, 2.05) is 36.4 Å². The minimum Gasteiger partial charge on any atom is -0.491 e. The maximum absolute atomic E-state index is 6.47. The van der Waals surface area contributed by atoms with Crippen molar-refractivity contribution in [1.29, 1.82) is 0 Å². The predicted molar refractivity (Wildman–Crippen MR) is 176 cm³/mol. The zero-order valence-electron chi connectivity index (χ0n) is 25.1. The molecule has 0 bridgehead atoms. The zero-order chi connectivity index (χ0) is 30.5. The predicted octanol–water partition coefficient (Wildman–Crippen LogP) is 8.29. The van der Waals surface area contributed by atoms with Crippen LogP contribution in [-0.4, -0.2) is 51.5 Å². The van der Waals surface area contributed by atoms with Crippen LogP contribution in [0, 0.1) is 0 Å². The first kappa shape index (κ1) is 27.5.